The number of hydrogen-bond acceptors (Lipinski definition) is 13. The van der Waals surface area contributed by atoms with Crippen molar-refractivity contribution in [2.45, 2.75) is 26.1 Å². The van der Waals surface area contributed by atoms with Gasteiger partial charge < -0.3 is 57.4 Å². The summed E-state index contributed by atoms with van der Waals surface area (Å²) in [5.74, 6) is -0.628. The van der Waals surface area contributed by atoms with Crippen molar-refractivity contribution in [3.63, 3.8) is 0 Å². The molecule has 0 atom stereocenters. The molecule has 302 valence electrons. The molecule has 13 nitrogen and oxygen atoms in total. The van der Waals surface area contributed by atoms with E-state index in [0.717, 1.165) is 12.1 Å². The van der Waals surface area contributed by atoms with Gasteiger partial charge in [-0.05, 0) is 44.2 Å². The van der Waals surface area contributed by atoms with Crippen molar-refractivity contribution >= 4 is 17.3 Å². The van der Waals surface area contributed by atoms with Crippen LogP contribution in [0.2, 0.25) is 0 Å². The van der Waals surface area contributed by atoms with E-state index in [1.165, 1.54) is 18.2 Å². The fraction of sp³-hybridized carbons (Fsp3) is 0.649. The van der Waals surface area contributed by atoms with Gasteiger partial charge in [0, 0.05) is 5.69 Å². The first-order chi connectivity index (χ1) is 25.8. The van der Waals surface area contributed by atoms with Crippen LogP contribution in [0.15, 0.2) is 48.5 Å². The van der Waals surface area contributed by atoms with E-state index >= 15 is 0 Å². The first-order valence-corrected chi connectivity index (χ1v) is 17.8. The second-order valence-corrected chi connectivity index (χ2v) is 11.3. The third-order valence-corrected chi connectivity index (χ3v) is 6.73. The van der Waals surface area contributed by atoms with E-state index in [4.69, 9.17) is 52.1 Å². The molecule has 0 aliphatic rings. The molecular formula is C37H56F3NO12. The second-order valence-electron chi connectivity index (χ2n) is 11.3. The normalized spacial score (nSPS) is 11.7. The van der Waals surface area contributed by atoms with Crippen molar-refractivity contribution in [2.24, 2.45) is 0 Å². The van der Waals surface area contributed by atoms with Crippen LogP contribution in [0.4, 0.5) is 24.5 Å². The summed E-state index contributed by atoms with van der Waals surface area (Å²) in [4.78, 5) is 12.6. The molecule has 16 heteroatoms. The van der Waals surface area contributed by atoms with Gasteiger partial charge in [0.2, 0.25) is 0 Å². The number of ether oxygens (including phenoxy) is 11. The second kappa shape index (κ2) is 30.4. The number of carbonyl (C=O) groups excluding carboxylic acids is 1. The van der Waals surface area contributed by atoms with Crippen LogP contribution in [0, 0.1) is 0 Å². The minimum Gasteiger partial charge on any atom is -0.460 e. The Morgan fingerprint density at radius 1 is 0.547 bits per heavy atom. The zero-order valence-electron chi connectivity index (χ0n) is 30.9. The van der Waals surface area contributed by atoms with Crippen LogP contribution in [0.5, 0.6) is 0 Å². The number of nitrogens with one attached hydrogen (secondary N) is 1. The standard InChI is InChI=1S/C37H56F3NO12/c1-31(2)52-28-26-50-24-22-48-20-18-46-16-14-44-12-10-43-11-13-45-15-17-47-19-21-49-23-25-51-27-29-53-36(42)34-8-3-4-9-35(34)41-33-7-5-6-32(30-33)37(38,39)40/h3-9,30-31,41H,10-29H2,1-2H3. The first-order valence-electron chi connectivity index (χ1n) is 17.8. The van der Waals surface area contributed by atoms with Crippen molar-refractivity contribution in [2.75, 3.05) is 137 Å². The maximum Gasteiger partial charge on any atom is 0.416 e. The van der Waals surface area contributed by atoms with Gasteiger partial charge in [-0.1, -0.05) is 18.2 Å². The zero-order chi connectivity index (χ0) is 38.2. The highest BCUT2D eigenvalue weighted by atomic mass is 19.4. The van der Waals surface area contributed by atoms with Gasteiger partial charge in [-0.25, -0.2) is 4.79 Å². The number of alkyl halides is 3. The van der Waals surface area contributed by atoms with Gasteiger partial charge in [0.25, 0.3) is 0 Å². The summed E-state index contributed by atoms with van der Waals surface area (Å²) < 4.78 is 98.8. The van der Waals surface area contributed by atoms with Gasteiger partial charge in [0.1, 0.15) is 6.61 Å². The molecule has 0 amide bonds. The summed E-state index contributed by atoms with van der Waals surface area (Å²) in [6.07, 6.45) is -4.26. The molecule has 0 aromatic heterocycles. The van der Waals surface area contributed by atoms with Crippen LogP contribution in [0.3, 0.4) is 0 Å². The van der Waals surface area contributed by atoms with Gasteiger partial charge in [-0.3, -0.25) is 0 Å². The van der Waals surface area contributed by atoms with Crippen LogP contribution >= 0.6 is 0 Å². The van der Waals surface area contributed by atoms with Gasteiger partial charge in [0.15, 0.2) is 0 Å². The van der Waals surface area contributed by atoms with E-state index in [9.17, 15) is 18.0 Å². The summed E-state index contributed by atoms with van der Waals surface area (Å²) in [6.45, 7) is 12.5. The number of anilines is 2. The van der Waals surface area contributed by atoms with Crippen LogP contribution in [0.25, 0.3) is 0 Å². The predicted octanol–water partition coefficient (Wildman–Crippen LogP) is 5.18. The molecule has 2 rings (SSSR count). The molecule has 2 aromatic rings. The summed E-state index contributed by atoms with van der Waals surface area (Å²) >= 11 is 0. The Labute approximate surface area is 310 Å². The smallest absolute Gasteiger partial charge is 0.416 e. The zero-order valence-corrected chi connectivity index (χ0v) is 30.9. The molecular weight excluding hydrogens is 707 g/mol. The van der Waals surface area contributed by atoms with E-state index in [2.05, 4.69) is 5.32 Å². The predicted molar refractivity (Wildman–Crippen MR) is 190 cm³/mol. The highest BCUT2D eigenvalue weighted by Gasteiger charge is 2.30. The lowest BCUT2D eigenvalue weighted by Crippen LogP contribution is -2.16. The number of para-hydroxylation sites is 1. The number of rotatable bonds is 34. The quantitative estimate of drug-likeness (QED) is 0.0743. The minimum atomic E-state index is -4.48. The Bertz CT molecular complexity index is 1190. The number of halogens is 3. The number of esters is 1. The van der Waals surface area contributed by atoms with Crippen molar-refractivity contribution in [1.29, 1.82) is 0 Å². The lowest BCUT2D eigenvalue weighted by molar-refractivity contribution is -0.137. The SMILES string of the molecule is CC(C)OCCOCCOCCOCCOCCOCCOCCOCCOCCOCCOC(=O)c1ccccc1Nc1cccc(C(F)(F)F)c1. The third-order valence-electron chi connectivity index (χ3n) is 6.73. The molecule has 0 unspecified atom stereocenters. The summed E-state index contributed by atoms with van der Waals surface area (Å²) in [5, 5.41) is 2.86. The van der Waals surface area contributed by atoms with Gasteiger partial charge in [-0.2, -0.15) is 13.2 Å². The maximum absolute atomic E-state index is 13.0. The fourth-order valence-electron chi connectivity index (χ4n) is 4.17. The molecule has 0 spiro atoms. The van der Waals surface area contributed by atoms with E-state index < -0.39 is 17.7 Å². The number of carbonyl (C=O) groups is 1. The van der Waals surface area contributed by atoms with Gasteiger partial charge in [-0.15, -0.1) is 0 Å². The van der Waals surface area contributed by atoms with E-state index in [1.54, 1.807) is 18.2 Å². The maximum atomic E-state index is 13.0. The molecule has 0 aliphatic carbocycles. The van der Waals surface area contributed by atoms with Crippen LogP contribution in [-0.4, -0.2) is 144 Å². The Morgan fingerprint density at radius 2 is 0.943 bits per heavy atom. The van der Waals surface area contributed by atoms with Gasteiger partial charge in [0.05, 0.1) is 148 Å². The van der Waals surface area contributed by atoms with Gasteiger partial charge >= 0.3 is 12.1 Å². The van der Waals surface area contributed by atoms with Crippen LogP contribution in [0.1, 0.15) is 29.8 Å². The Hall–Kier alpha value is -2.90. The largest absolute Gasteiger partial charge is 0.460 e. The summed E-state index contributed by atoms with van der Waals surface area (Å²) in [5.41, 5.74) is -0.0895. The fourth-order valence-corrected chi connectivity index (χ4v) is 4.17. The van der Waals surface area contributed by atoms with E-state index in [-0.39, 0.29) is 30.6 Å². The molecule has 0 saturated carbocycles. The Morgan fingerprint density at radius 3 is 1.36 bits per heavy atom. The molecule has 0 bridgehead atoms. The molecule has 0 saturated heterocycles. The molecule has 53 heavy (non-hydrogen) atoms. The number of hydrogen-bond donors (Lipinski definition) is 1. The molecule has 2 aromatic carbocycles. The molecule has 1 N–H and O–H groups in total. The van der Waals surface area contributed by atoms with Crippen molar-refractivity contribution < 1.29 is 70.1 Å². The van der Waals surface area contributed by atoms with E-state index in [1.807, 2.05) is 13.8 Å². The van der Waals surface area contributed by atoms with Crippen LogP contribution in [-0.2, 0) is 58.3 Å². The lowest BCUT2D eigenvalue weighted by Gasteiger charge is -2.13. The Kier molecular flexibility index (Phi) is 26.6. The van der Waals surface area contributed by atoms with Crippen molar-refractivity contribution in [3.05, 3.63) is 59.7 Å². The van der Waals surface area contributed by atoms with Crippen molar-refractivity contribution in [1.82, 2.24) is 0 Å². The third kappa shape index (κ3) is 24.9. The number of benzene rings is 2. The van der Waals surface area contributed by atoms with E-state index in [0.29, 0.717) is 125 Å². The molecule has 0 heterocycles. The average Bonchev–Trinajstić information content (AvgIpc) is 3.13. The molecule has 0 fully saturated rings. The highest BCUT2D eigenvalue weighted by molar-refractivity contribution is 5.96. The van der Waals surface area contributed by atoms with Crippen LogP contribution < -0.4 is 5.32 Å². The molecule has 0 aliphatic heterocycles. The lowest BCUT2D eigenvalue weighted by atomic mass is 10.1. The highest BCUT2D eigenvalue weighted by Crippen LogP contribution is 2.32. The minimum absolute atomic E-state index is 0.00122. The topological polar surface area (TPSA) is 131 Å². The first kappa shape index (κ1) is 46.3. The molecule has 0 radical (unpaired) electrons. The van der Waals surface area contributed by atoms with Crippen molar-refractivity contribution in [3.8, 4) is 0 Å². The Balaban J connectivity index is 1.30. The monoisotopic (exact) mass is 763 g/mol. The summed E-state index contributed by atoms with van der Waals surface area (Å²) in [7, 11) is 0. The average molecular weight is 764 g/mol. The summed E-state index contributed by atoms with van der Waals surface area (Å²) in [6, 6.07) is 11.1.